The quantitative estimate of drug-likeness (QED) is 0.422. The predicted molar refractivity (Wildman–Crippen MR) is 148 cm³/mol. The number of nitrogens with zero attached hydrogens (tertiary/aromatic N) is 5. The molecule has 0 bridgehead atoms. The van der Waals surface area contributed by atoms with Gasteiger partial charge >= 0.3 is 0 Å². The Morgan fingerprint density at radius 1 is 1.05 bits per heavy atom. The van der Waals surface area contributed by atoms with Gasteiger partial charge in [0.2, 0.25) is 5.95 Å². The number of methoxy groups -OCH3 is 1. The first-order chi connectivity index (χ1) is 18.4. The van der Waals surface area contributed by atoms with Gasteiger partial charge in [-0.15, -0.1) is 0 Å². The van der Waals surface area contributed by atoms with E-state index < -0.39 is 0 Å². The molecule has 1 saturated heterocycles. The van der Waals surface area contributed by atoms with Crippen LogP contribution in [0.4, 0.5) is 23.1 Å². The number of likely N-dealkylation sites (N-methyl/N-ethyl adjacent to an activating group) is 1. The van der Waals surface area contributed by atoms with Crippen LogP contribution in [-0.2, 0) is 6.54 Å². The SMILES string of the molecule is COc1cc(OCCN2CCN(C)CC2)ccc1Nc1ncc(Cl)c(Nc2cccc3c2C(=O)N(C)C3)n1. The molecule has 2 N–H and O–H groups in total. The van der Waals surface area contributed by atoms with Crippen molar-refractivity contribution in [2.75, 3.05) is 71.2 Å². The zero-order valence-electron chi connectivity index (χ0n) is 21.8. The number of rotatable bonds is 9. The Hall–Kier alpha value is -3.60. The number of fused-ring (bicyclic) bond motifs is 1. The maximum atomic E-state index is 12.6. The molecule has 2 aliphatic rings. The third kappa shape index (κ3) is 5.77. The first kappa shape index (κ1) is 26.0. The number of piperazine rings is 1. The van der Waals surface area contributed by atoms with Gasteiger partial charge < -0.3 is 29.9 Å². The first-order valence-corrected chi connectivity index (χ1v) is 12.9. The smallest absolute Gasteiger partial charge is 0.256 e. The van der Waals surface area contributed by atoms with Gasteiger partial charge in [0.25, 0.3) is 5.91 Å². The van der Waals surface area contributed by atoms with Gasteiger partial charge in [-0.05, 0) is 30.8 Å². The lowest BCUT2D eigenvalue weighted by molar-refractivity contribution is 0.0817. The second-order valence-corrected chi connectivity index (χ2v) is 9.90. The number of carbonyl (C=O) groups excluding carboxylic acids is 1. The van der Waals surface area contributed by atoms with Crippen molar-refractivity contribution in [3.8, 4) is 11.5 Å². The average molecular weight is 538 g/mol. The molecule has 10 nitrogen and oxygen atoms in total. The molecule has 0 radical (unpaired) electrons. The number of hydrogen-bond acceptors (Lipinski definition) is 9. The van der Waals surface area contributed by atoms with Crippen LogP contribution in [-0.4, -0.2) is 91.1 Å². The van der Waals surface area contributed by atoms with Gasteiger partial charge in [-0.3, -0.25) is 9.69 Å². The molecule has 0 atom stereocenters. The van der Waals surface area contributed by atoms with Crippen LogP contribution in [0.15, 0.2) is 42.6 Å². The third-order valence-corrected chi connectivity index (χ3v) is 7.08. The summed E-state index contributed by atoms with van der Waals surface area (Å²) in [5.74, 6) is 2.01. The molecule has 1 aromatic heterocycles. The van der Waals surface area contributed by atoms with Gasteiger partial charge in [0.1, 0.15) is 23.1 Å². The highest BCUT2D eigenvalue weighted by atomic mass is 35.5. The zero-order valence-corrected chi connectivity index (χ0v) is 22.6. The van der Waals surface area contributed by atoms with Crippen LogP contribution in [0.1, 0.15) is 15.9 Å². The molecule has 200 valence electrons. The standard InChI is InChI=1S/C27H32ClN7O3/c1-33-9-11-35(12-10-33)13-14-38-19-7-8-21(23(15-19)37-3)31-27-29-16-20(28)25(32-27)30-22-6-4-5-18-17-34(2)26(36)24(18)22/h4-8,15-16H,9-14,17H2,1-3H3,(H2,29,30,31,32). The van der Waals surface area contributed by atoms with Crippen LogP contribution in [0, 0.1) is 0 Å². The van der Waals surface area contributed by atoms with Crippen LogP contribution < -0.4 is 20.1 Å². The summed E-state index contributed by atoms with van der Waals surface area (Å²) in [5.41, 5.74) is 2.93. The number of anilines is 4. The van der Waals surface area contributed by atoms with Crippen molar-refractivity contribution in [1.29, 1.82) is 0 Å². The van der Waals surface area contributed by atoms with E-state index in [1.807, 2.05) is 36.4 Å². The number of benzene rings is 2. The summed E-state index contributed by atoms with van der Waals surface area (Å²) in [4.78, 5) is 27.9. The molecular formula is C27H32ClN7O3. The lowest BCUT2D eigenvalue weighted by Crippen LogP contribution is -2.45. The van der Waals surface area contributed by atoms with E-state index in [1.54, 1.807) is 19.1 Å². The van der Waals surface area contributed by atoms with E-state index in [-0.39, 0.29) is 5.91 Å². The van der Waals surface area contributed by atoms with E-state index in [1.165, 1.54) is 6.20 Å². The lowest BCUT2D eigenvalue weighted by Gasteiger charge is -2.32. The molecule has 3 aromatic rings. The molecule has 0 saturated carbocycles. The lowest BCUT2D eigenvalue weighted by atomic mass is 10.1. The normalized spacial score (nSPS) is 15.9. The fourth-order valence-corrected chi connectivity index (χ4v) is 4.74. The monoisotopic (exact) mass is 537 g/mol. The second-order valence-electron chi connectivity index (χ2n) is 9.50. The second kappa shape index (κ2) is 11.4. The number of amides is 1. The number of aromatic nitrogens is 2. The van der Waals surface area contributed by atoms with Crippen molar-refractivity contribution in [2.24, 2.45) is 0 Å². The zero-order chi connectivity index (χ0) is 26.6. The van der Waals surface area contributed by atoms with Gasteiger partial charge in [0.15, 0.2) is 5.82 Å². The predicted octanol–water partition coefficient (Wildman–Crippen LogP) is 3.84. The van der Waals surface area contributed by atoms with E-state index in [2.05, 4.69) is 37.4 Å². The minimum atomic E-state index is -0.0396. The van der Waals surface area contributed by atoms with Gasteiger partial charge in [-0.2, -0.15) is 4.98 Å². The number of carbonyl (C=O) groups is 1. The van der Waals surface area contributed by atoms with Crippen LogP contribution in [0.3, 0.4) is 0 Å². The van der Waals surface area contributed by atoms with E-state index in [0.29, 0.717) is 52.6 Å². The Morgan fingerprint density at radius 3 is 2.66 bits per heavy atom. The first-order valence-electron chi connectivity index (χ1n) is 12.6. The summed E-state index contributed by atoms with van der Waals surface area (Å²) < 4.78 is 11.6. The van der Waals surface area contributed by atoms with Crippen molar-refractivity contribution >= 4 is 40.6 Å². The summed E-state index contributed by atoms with van der Waals surface area (Å²) in [7, 11) is 5.54. The maximum absolute atomic E-state index is 12.6. The Morgan fingerprint density at radius 2 is 1.87 bits per heavy atom. The van der Waals surface area contributed by atoms with Gasteiger partial charge in [-0.1, -0.05) is 23.7 Å². The minimum Gasteiger partial charge on any atom is -0.494 e. The molecule has 3 heterocycles. The molecule has 38 heavy (non-hydrogen) atoms. The summed E-state index contributed by atoms with van der Waals surface area (Å²) in [6, 6.07) is 11.3. The third-order valence-electron chi connectivity index (χ3n) is 6.81. The highest BCUT2D eigenvalue weighted by molar-refractivity contribution is 6.33. The molecule has 5 rings (SSSR count). The summed E-state index contributed by atoms with van der Waals surface area (Å²) in [5, 5.41) is 6.74. The Balaban J connectivity index is 1.26. The van der Waals surface area contributed by atoms with Gasteiger partial charge in [0, 0.05) is 52.4 Å². The fraction of sp³-hybridized carbons (Fsp3) is 0.370. The molecule has 2 aliphatic heterocycles. The van der Waals surface area contributed by atoms with Crippen LogP contribution >= 0.6 is 11.6 Å². The molecule has 0 aliphatic carbocycles. The molecule has 2 aromatic carbocycles. The van der Waals surface area contributed by atoms with Crippen molar-refractivity contribution in [2.45, 2.75) is 6.54 Å². The summed E-state index contributed by atoms with van der Waals surface area (Å²) in [6.07, 6.45) is 1.51. The number of nitrogens with one attached hydrogen (secondary N) is 2. The molecule has 11 heteroatoms. The molecule has 0 spiro atoms. The number of ether oxygens (including phenoxy) is 2. The highest BCUT2D eigenvalue weighted by Crippen LogP contribution is 2.34. The Bertz CT molecular complexity index is 1310. The Kier molecular flexibility index (Phi) is 7.82. The fourth-order valence-electron chi connectivity index (χ4n) is 4.60. The van der Waals surface area contributed by atoms with Crippen molar-refractivity contribution < 1.29 is 14.3 Å². The molecular weight excluding hydrogens is 506 g/mol. The van der Waals surface area contributed by atoms with E-state index in [0.717, 1.165) is 44.0 Å². The summed E-state index contributed by atoms with van der Waals surface area (Å²) in [6.45, 7) is 6.35. The molecule has 1 amide bonds. The van der Waals surface area contributed by atoms with Crippen molar-refractivity contribution in [1.82, 2.24) is 24.7 Å². The Labute approximate surface area is 227 Å². The van der Waals surface area contributed by atoms with Crippen molar-refractivity contribution in [3.05, 3.63) is 58.7 Å². The minimum absolute atomic E-state index is 0.0396. The number of hydrogen-bond donors (Lipinski definition) is 2. The topological polar surface area (TPSA) is 95.1 Å². The average Bonchev–Trinajstić information content (AvgIpc) is 3.21. The van der Waals surface area contributed by atoms with Crippen LogP contribution in [0.25, 0.3) is 0 Å². The van der Waals surface area contributed by atoms with Gasteiger partial charge in [-0.25, -0.2) is 4.98 Å². The molecule has 1 fully saturated rings. The van der Waals surface area contributed by atoms with E-state index >= 15 is 0 Å². The van der Waals surface area contributed by atoms with E-state index in [9.17, 15) is 4.79 Å². The largest absolute Gasteiger partial charge is 0.494 e. The van der Waals surface area contributed by atoms with Crippen LogP contribution in [0.2, 0.25) is 5.02 Å². The molecule has 0 unspecified atom stereocenters. The van der Waals surface area contributed by atoms with Gasteiger partial charge in [0.05, 0.1) is 30.2 Å². The van der Waals surface area contributed by atoms with E-state index in [4.69, 9.17) is 21.1 Å². The number of halogens is 1. The van der Waals surface area contributed by atoms with Crippen LogP contribution in [0.5, 0.6) is 11.5 Å². The summed E-state index contributed by atoms with van der Waals surface area (Å²) >= 11 is 6.40. The highest BCUT2D eigenvalue weighted by Gasteiger charge is 2.27. The van der Waals surface area contributed by atoms with Crippen molar-refractivity contribution in [3.63, 3.8) is 0 Å². The maximum Gasteiger partial charge on any atom is 0.256 e.